The van der Waals surface area contributed by atoms with Gasteiger partial charge in [-0.3, -0.25) is 0 Å². The lowest BCUT2D eigenvalue weighted by molar-refractivity contribution is 0.475. The van der Waals surface area contributed by atoms with Crippen LogP contribution in [0.2, 0.25) is 0 Å². The van der Waals surface area contributed by atoms with Gasteiger partial charge >= 0.3 is 0 Å². The average molecular weight is 442 g/mol. The maximum Gasteiger partial charge on any atom is 0.138 e. The number of fused-ring (bicyclic) bond motifs is 3. The van der Waals surface area contributed by atoms with Crippen molar-refractivity contribution in [2.24, 2.45) is 0 Å². The highest BCUT2D eigenvalue weighted by Gasteiger charge is 2.12. The number of H-pyrrole nitrogens is 3. The van der Waals surface area contributed by atoms with Gasteiger partial charge in [-0.05, 0) is 72.8 Å². The third-order valence-electron chi connectivity index (χ3n) is 6.04. The molecule has 162 valence electrons. The minimum Gasteiger partial charge on any atom is -0.508 e. The molecule has 0 aliphatic heterocycles. The van der Waals surface area contributed by atoms with Crippen LogP contribution in [0.1, 0.15) is 0 Å². The zero-order chi connectivity index (χ0) is 22.6. The summed E-state index contributed by atoms with van der Waals surface area (Å²) in [6.07, 6.45) is 0. The minimum atomic E-state index is 0.232. The number of para-hydroxylation sites is 2. The molecule has 7 rings (SSSR count). The van der Waals surface area contributed by atoms with E-state index < -0.39 is 0 Å². The summed E-state index contributed by atoms with van der Waals surface area (Å²) in [5.74, 6) is 2.61. The first-order chi connectivity index (χ1) is 16.7. The van der Waals surface area contributed by atoms with Crippen LogP contribution in [0.4, 0.5) is 0 Å². The van der Waals surface area contributed by atoms with Crippen molar-refractivity contribution in [3.8, 4) is 39.9 Å². The number of imidazole rings is 3. The third kappa shape index (κ3) is 3.02. The SMILES string of the molecule is Oc1ccc(-c2nc3ccc(-c4nc5ccc(-c6nc7ccccc7[nH]6)cc5[nH]4)cc3[nH]2)cc1. The van der Waals surface area contributed by atoms with E-state index in [9.17, 15) is 5.11 Å². The van der Waals surface area contributed by atoms with Crippen molar-refractivity contribution in [2.75, 3.05) is 0 Å². The number of benzene rings is 4. The van der Waals surface area contributed by atoms with Crippen LogP contribution in [-0.4, -0.2) is 35.0 Å². The number of nitrogens with zero attached hydrogens (tertiary/aromatic N) is 3. The highest BCUT2D eigenvalue weighted by molar-refractivity contribution is 5.88. The molecular weight excluding hydrogens is 424 g/mol. The molecule has 0 spiro atoms. The summed E-state index contributed by atoms with van der Waals surface area (Å²) in [6, 6.07) is 27.2. The van der Waals surface area contributed by atoms with E-state index >= 15 is 0 Å². The van der Waals surface area contributed by atoms with Gasteiger partial charge in [0.15, 0.2) is 0 Å². The van der Waals surface area contributed by atoms with Crippen LogP contribution < -0.4 is 0 Å². The van der Waals surface area contributed by atoms with Crippen LogP contribution in [0.5, 0.6) is 5.75 Å². The molecule has 0 fully saturated rings. The van der Waals surface area contributed by atoms with Gasteiger partial charge in [0.05, 0.1) is 33.1 Å². The van der Waals surface area contributed by atoms with Gasteiger partial charge in [0.1, 0.15) is 23.2 Å². The Balaban J connectivity index is 1.26. The molecule has 0 atom stereocenters. The molecule has 7 aromatic rings. The second-order valence-corrected chi connectivity index (χ2v) is 8.28. The Morgan fingerprint density at radius 3 is 1.53 bits per heavy atom. The predicted octanol–water partition coefficient (Wildman–Crippen LogP) is 6.02. The van der Waals surface area contributed by atoms with Crippen molar-refractivity contribution in [1.29, 1.82) is 0 Å². The summed E-state index contributed by atoms with van der Waals surface area (Å²) in [5, 5.41) is 9.53. The molecular formula is C27H18N6O. The summed E-state index contributed by atoms with van der Waals surface area (Å²) < 4.78 is 0. The number of nitrogens with one attached hydrogen (secondary N) is 3. The standard InChI is InChI=1S/C27H18N6O/c34-18-9-5-15(6-10-18)25-30-21-11-8-17(14-23(21)32-25)27-31-22-12-7-16(13-24(22)33-27)26-28-19-3-1-2-4-20(19)29-26/h1-14,34H,(H,28,29)(H,30,32)(H,31,33). The van der Waals surface area contributed by atoms with Crippen LogP contribution in [0.25, 0.3) is 67.3 Å². The molecule has 34 heavy (non-hydrogen) atoms. The first kappa shape index (κ1) is 18.6. The molecule has 7 heteroatoms. The number of aromatic hydroxyl groups is 1. The van der Waals surface area contributed by atoms with E-state index in [0.717, 1.165) is 67.3 Å². The molecule has 0 amide bonds. The zero-order valence-corrected chi connectivity index (χ0v) is 17.9. The molecule has 3 heterocycles. The highest BCUT2D eigenvalue weighted by atomic mass is 16.3. The fourth-order valence-corrected chi connectivity index (χ4v) is 4.30. The zero-order valence-electron chi connectivity index (χ0n) is 17.9. The van der Waals surface area contributed by atoms with Gasteiger partial charge in [0.25, 0.3) is 0 Å². The first-order valence-electron chi connectivity index (χ1n) is 10.9. The quantitative estimate of drug-likeness (QED) is 0.268. The first-order valence-corrected chi connectivity index (χ1v) is 10.9. The lowest BCUT2D eigenvalue weighted by Crippen LogP contribution is -1.81. The Kier molecular flexibility index (Phi) is 3.86. The lowest BCUT2D eigenvalue weighted by Gasteiger charge is -1.97. The number of rotatable bonds is 3. The van der Waals surface area contributed by atoms with Crippen molar-refractivity contribution in [2.45, 2.75) is 0 Å². The Labute approximate surface area is 193 Å². The molecule has 0 aliphatic carbocycles. The van der Waals surface area contributed by atoms with Crippen LogP contribution in [0.15, 0.2) is 84.9 Å². The van der Waals surface area contributed by atoms with Crippen molar-refractivity contribution in [3.05, 3.63) is 84.9 Å². The van der Waals surface area contributed by atoms with Crippen molar-refractivity contribution >= 4 is 33.1 Å². The molecule has 0 bridgehead atoms. The van der Waals surface area contributed by atoms with Crippen molar-refractivity contribution in [3.63, 3.8) is 0 Å². The fourth-order valence-electron chi connectivity index (χ4n) is 4.30. The van der Waals surface area contributed by atoms with Gasteiger partial charge in [-0.25, -0.2) is 15.0 Å². The van der Waals surface area contributed by atoms with Gasteiger partial charge in [0.2, 0.25) is 0 Å². The Morgan fingerprint density at radius 1 is 0.471 bits per heavy atom. The van der Waals surface area contributed by atoms with E-state index in [1.54, 1.807) is 12.1 Å². The molecule has 4 N–H and O–H groups in total. The van der Waals surface area contributed by atoms with Gasteiger partial charge in [0, 0.05) is 16.7 Å². The number of hydrogen-bond donors (Lipinski definition) is 4. The number of phenols is 1. The van der Waals surface area contributed by atoms with E-state index in [1.165, 1.54) is 0 Å². The smallest absolute Gasteiger partial charge is 0.138 e. The maximum atomic E-state index is 9.53. The van der Waals surface area contributed by atoms with Crippen molar-refractivity contribution < 1.29 is 5.11 Å². The number of aromatic nitrogens is 6. The van der Waals surface area contributed by atoms with E-state index in [4.69, 9.17) is 9.97 Å². The topological polar surface area (TPSA) is 106 Å². The van der Waals surface area contributed by atoms with E-state index in [0.29, 0.717) is 0 Å². The maximum absolute atomic E-state index is 9.53. The number of phenolic OH excluding ortho intramolecular Hbond substituents is 1. The molecule has 7 nitrogen and oxygen atoms in total. The summed E-state index contributed by atoms with van der Waals surface area (Å²) in [5.41, 5.74) is 8.48. The Bertz CT molecular complexity index is 1790. The molecule has 3 aromatic heterocycles. The second kappa shape index (κ2) is 7.05. The van der Waals surface area contributed by atoms with Crippen LogP contribution >= 0.6 is 0 Å². The molecule has 0 radical (unpaired) electrons. The van der Waals surface area contributed by atoms with Gasteiger partial charge in [-0.15, -0.1) is 0 Å². The van der Waals surface area contributed by atoms with Gasteiger partial charge in [-0.2, -0.15) is 0 Å². The predicted molar refractivity (Wildman–Crippen MR) is 133 cm³/mol. The normalized spacial score (nSPS) is 11.6. The molecule has 0 saturated heterocycles. The second-order valence-electron chi connectivity index (χ2n) is 8.28. The number of aromatic amines is 3. The highest BCUT2D eigenvalue weighted by Crippen LogP contribution is 2.29. The minimum absolute atomic E-state index is 0.232. The molecule has 4 aromatic carbocycles. The number of hydrogen-bond acceptors (Lipinski definition) is 4. The van der Waals surface area contributed by atoms with E-state index in [-0.39, 0.29) is 5.75 Å². The average Bonchev–Trinajstić information content (AvgIpc) is 3.59. The summed E-state index contributed by atoms with van der Waals surface area (Å²) in [4.78, 5) is 24.4. The van der Waals surface area contributed by atoms with Crippen LogP contribution in [0.3, 0.4) is 0 Å². The van der Waals surface area contributed by atoms with E-state index in [1.807, 2.05) is 66.7 Å². The summed E-state index contributed by atoms with van der Waals surface area (Å²) in [7, 11) is 0. The lowest BCUT2D eigenvalue weighted by atomic mass is 10.2. The Hall–Kier alpha value is -4.91. The molecule has 0 unspecified atom stereocenters. The van der Waals surface area contributed by atoms with Crippen LogP contribution in [0, 0.1) is 0 Å². The molecule has 0 aliphatic rings. The Morgan fingerprint density at radius 2 is 0.941 bits per heavy atom. The van der Waals surface area contributed by atoms with Gasteiger partial charge < -0.3 is 20.1 Å². The fraction of sp³-hybridized carbons (Fsp3) is 0. The van der Waals surface area contributed by atoms with E-state index in [2.05, 4.69) is 26.0 Å². The third-order valence-corrected chi connectivity index (χ3v) is 6.04. The molecule has 0 saturated carbocycles. The summed E-state index contributed by atoms with van der Waals surface area (Å²) in [6.45, 7) is 0. The van der Waals surface area contributed by atoms with Gasteiger partial charge in [-0.1, -0.05) is 12.1 Å². The largest absolute Gasteiger partial charge is 0.508 e. The van der Waals surface area contributed by atoms with Crippen LogP contribution in [-0.2, 0) is 0 Å². The van der Waals surface area contributed by atoms with Crippen molar-refractivity contribution in [1.82, 2.24) is 29.9 Å². The monoisotopic (exact) mass is 442 g/mol. The summed E-state index contributed by atoms with van der Waals surface area (Å²) >= 11 is 0.